The van der Waals surface area contributed by atoms with E-state index in [9.17, 15) is 0 Å². The molecule has 1 saturated carbocycles. The lowest BCUT2D eigenvalue weighted by molar-refractivity contribution is 0.462. The van der Waals surface area contributed by atoms with Crippen molar-refractivity contribution in [1.29, 1.82) is 0 Å². The number of aromatic nitrogens is 2. The molecule has 0 amide bonds. The Kier molecular flexibility index (Phi) is 2.95. The fourth-order valence-electron chi connectivity index (χ4n) is 3.64. The molecule has 1 heterocycles. The zero-order valence-electron chi connectivity index (χ0n) is 11.0. The molecule has 94 valence electrons. The number of hydrogen-bond acceptors (Lipinski definition) is 2. The maximum Gasteiger partial charge on any atom is 0.106 e. The summed E-state index contributed by atoms with van der Waals surface area (Å²) in [5, 5.41) is 3.42. The number of fused-ring (bicyclic) bond motifs is 1. The molecule has 0 bridgehead atoms. The predicted molar refractivity (Wildman–Crippen MR) is 69.3 cm³/mol. The Morgan fingerprint density at radius 1 is 1.24 bits per heavy atom. The largest absolute Gasteiger partial charge is 0.329 e. The van der Waals surface area contributed by atoms with E-state index in [-0.39, 0.29) is 0 Å². The van der Waals surface area contributed by atoms with E-state index in [1.54, 1.807) is 5.69 Å². The van der Waals surface area contributed by atoms with E-state index in [0.717, 1.165) is 0 Å². The lowest BCUT2D eigenvalue weighted by atomic mass is 10.0. The van der Waals surface area contributed by atoms with Crippen LogP contribution in [0.15, 0.2) is 0 Å². The monoisotopic (exact) mass is 233 g/mol. The molecule has 0 radical (unpaired) electrons. The first-order valence-electron chi connectivity index (χ1n) is 7.03. The second-order valence-electron chi connectivity index (χ2n) is 5.58. The third kappa shape index (κ3) is 1.90. The Balaban J connectivity index is 1.90. The molecule has 2 aliphatic carbocycles. The van der Waals surface area contributed by atoms with Gasteiger partial charge in [-0.05, 0) is 58.9 Å². The van der Waals surface area contributed by atoms with Crippen molar-refractivity contribution in [2.24, 2.45) is 0 Å². The topological polar surface area (TPSA) is 29.9 Å². The van der Waals surface area contributed by atoms with Crippen LogP contribution in [0.2, 0.25) is 0 Å². The Labute approximate surface area is 104 Å². The molecular formula is C14H23N3. The molecule has 1 aromatic heterocycles. The molecule has 2 aliphatic rings. The second-order valence-corrected chi connectivity index (χ2v) is 5.58. The van der Waals surface area contributed by atoms with Crippen molar-refractivity contribution in [3.63, 3.8) is 0 Å². The molecule has 1 fully saturated rings. The summed E-state index contributed by atoms with van der Waals surface area (Å²) in [7, 11) is 2.09. The van der Waals surface area contributed by atoms with Crippen LogP contribution in [-0.2, 0) is 12.8 Å². The summed E-state index contributed by atoms with van der Waals surface area (Å²) >= 11 is 0. The quantitative estimate of drug-likeness (QED) is 0.850. The first-order valence-corrected chi connectivity index (χ1v) is 7.03. The zero-order chi connectivity index (χ0) is 11.8. The summed E-state index contributed by atoms with van der Waals surface area (Å²) in [4.78, 5) is 4.79. The minimum atomic E-state index is 0.696. The van der Waals surface area contributed by atoms with Gasteiger partial charge < -0.3 is 9.88 Å². The van der Waals surface area contributed by atoms with Crippen molar-refractivity contribution in [2.75, 3.05) is 7.05 Å². The van der Waals surface area contributed by atoms with Crippen LogP contribution in [0.3, 0.4) is 0 Å². The Morgan fingerprint density at radius 3 is 2.82 bits per heavy atom. The van der Waals surface area contributed by atoms with Crippen LogP contribution in [0.1, 0.15) is 55.4 Å². The maximum atomic E-state index is 4.79. The molecule has 0 aliphatic heterocycles. The Morgan fingerprint density at radius 2 is 2.06 bits per heavy atom. The number of rotatable bonds is 2. The van der Waals surface area contributed by atoms with Crippen molar-refractivity contribution in [3.8, 4) is 0 Å². The summed E-state index contributed by atoms with van der Waals surface area (Å²) in [6.07, 6.45) is 9.03. The third-order valence-electron chi connectivity index (χ3n) is 4.52. The van der Waals surface area contributed by atoms with Gasteiger partial charge >= 0.3 is 0 Å². The van der Waals surface area contributed by atoms with E-state index >= 15 is 0 Å². The standard InChI is InChI=1S/C14H23N3/c1-10-16-13-5-3-4-6-14(13)17(10)12-8-7-11(9-12)15-2/h11-12,15H,3-9H2,1-2H3. The van der Waals surface area contributed by atoms with Crippen molar-refractivity contribution in [1.82, 2.24) is 14.9 Å². The van der Waals surface area contributed by atoms with Crippen molar-refractivity contribution in [3.05, 3.63) is 17.2 Å². The van der Waals surface area contributed by atoms with Gasteiger partial charge in [0.05, 0.1) is 5.69 Å². The molecule has 1 aromatic rings. The van der Waals surface area contributed by atoms with Crippen molar-refractivity contribution >= 4 is 0 Å². The fourth-order valence-corrected chi connectivity index (χ4v) is 3.64. The summed E-state index contributed by atoms with van der Waals surface area (Å²) in [5.74, 6) is 1.25. The van der Waals surface area contributed by atoms with Crippen LogP contribution >= 0.6 is 0 Å². The minimum absolute atomic E-state index is 0.696. The molecule has 3 rings (SSSR count). The SMILES string of the molecule is CNC1CCC(n2c(C)nc3c2CCCC3)C1. The zero-order valence-corrected chi connectivity index (χ0v) is 11.0. The predicted octanol–water partition coefficient (Wildman–Crippen LogP) is 2.38. The van der Waals surface area contributed by atoms with E-state index in [2.05, 4.69) is 23.9 Å². The minimum Gasteiger partial charge on any atom is -0.329 e. The van der Waals surface area contributed by atoms with Crippen LogP contribution in [0.25, 0.3) is 0 Å². The first-order chi connectivity index (χ1) is 8.29. The highest BCUT2D eigenvalue weighted by Crippen LogP contribution is 2.34. The highest BCUT2D eigenvalue weighted by Gasteiger charge is 2.29. The molecule has 3 nitrogen and oxygen atoms in total. The second kappa shape index (κ2) is 4.45. The van der Waals surface area contributed by atoms with Gasteiger partial charge in [-0.15, -0.1) is 0 Å². The lowest BCUT2D eigenvalue weighted by Gasteiger charge is -2.20. The van der Waals surface area contributed by atoms with Crippen LogP contribution in [-0.4, -0.2) is 22.6 Å². The summed E-state index contributed by atoms with van der Waals surface area (Å²) < 4.78 is 2.56. The Hall–Kier alpha value is -0.830. The van der Waals surface area contributed by atoms with Gasteiger partial charge in [-0.2, -0.15) is 0 Å². The van der Waals surface area contributed by atoms with Gasteiger partial charge in [0.1, 0.15) is 5.82 Å². The lowest BCUT2D eigenvalue weighted by Crippen LogP contribution is -2.22. The van der Waals surface area contributed by atoms with Gasteiger partial charge in [0.25, 0.3) is 0 Å². The van der Waals surface area contributed by atoms with Crippen molar-refractivity contribution < 1.29 is 0 Å². The maximum absolute atomic E-state index is 4.79. The molecule has 2 unspecified atom stereocenters. The molecule has 3 heteroatoms. The number of imidazole rings is 1. The van der Waals surface area contributed by atoms with Gasteiger partial charge in [0, 0.05) is 17.8 Å². The molecule has 1 N–H and O–H groups in total. The van der Waals surface area contributed by atoms with Gasteiger partial charge in [0.15, 0.2) is 0 Å². The van der Waals surface area contributed by atoms with Crippen LogP contribution < -0.4 is 5.32 Å². The van der Waals surface area contributed by atoms with E-state index in [1.807, 2.05) is 0 Å². The Bertz CT molecular complexity index is 408. The molecule has 0 aromatic carbocycles. The van der Waals surface area contributed by atoms with Crippen molar-refractivity contribution in [2.45, 2.75) is 64.0 Å². The first kappa shape index (κ1) is 11.3. The molecule has 2 atom stereocenters. The highest BCUT2D eigenvalue weighted by atomic mass is 15.1. The van der Waals surface area contributed by atoms with Gasteiger partial charge in [0.2, 0.25) is 0 Å². The summed E-state index contributed by atoms with van der Waals surface area (Å²) in [6, 6.07) is 1.41. The summed E-state index contributed by atoms with van der Waals surface area (Å²) in [6.45, 7) is 2.19. The van der Waals surface area contributed by atoms with E-state index in [1.165, 1.54) is 56.5 Å². The van der Waals surface area contributed by atoms with Gasteiger partial charge in [-0.3, -0.25) is 0 Å². The molecule has 0 spiro atoms. The number of nitrogens with zero attached hydrogens (tertiary/aromatic N) is 2. The van der Waals surface area contributed by atoms with Crippen LogP contribution in [0.4, 0.5) is 0 Å². The van der Waals surface area contributed by atoms with Gasteiger partial charge in [-0.25, -0.2) is 4.98 Å². The third-order valence-corrected chi connectivity index (χ3v) is 4.52. The highest BCUT2D eigenvalue weighted by molar-refractivity contribution is 5.21. The van der Waals surface area contributed by atoms with Crippen LogP contribution in [0.5, 0.6) is 0 Å². The molecule has 17 heavy (non-hydrogen) atoms. The average Bonchev–Trinajstić information content (AvgIpc) is 2.91. The average molecular weight is 233 g/mol. The smallest absolute Gasteiger partial charge is 0.106 e. The molecular weight excluding hydrogens is 210 g/mol. The number of hydrogen-bond donors (Lipinski definition) is 1. The summed E-state index contributed by atoms with van der Waals surface area (Å²) in [5.41, 5.74) is 2.94. The number of aryl methyl sites for hydroxylation is 2. The normalized spacial score (nSPS) is 28.4. The van der Waals surface area contributed by atoms with E-state index < -0.39 is 0 Å². The van der Waals surface area contributed by atoms with Gasteiger partial charge in [-0.1, -0.05) is 0 Å². The fraction of sp³-hybridized carbons (Fsp3) is 0.786. The number of nitrogens with one attached hydrogen (secondary N) is 1. The van der Waals surface area contributed by atoms with E-state index in [0.29, 0.717) is 12.1 Å². The molecule has 0 saturated heterocycles. The van der Waals surface area contributed by atoms with E-state index in [4.69, 9.17) is 4.98 Å². The van der Waals surface area contributed by atoms with Crippen LogP contribution in [0, 0.1) is 6.92 Å².